The quantitative estimate of drug-likeness (QED) is 0.351. The maximum absolute atomic E-state index is 13.3. The largest absolute Gasteiger partial charge is 0.370 e. The Morgan fingerprint density at radius 2 is 1.90 bits per heavy atom. The van der Waals surface area contributed by atoms with E-state index in [0.29, 0.717) is 52.6 Å². The summed E-state index contributed by atoms with van der Waals surface area (Å²) < 4.78 is 32.0. The Kier molecular flexibility index (Phi) is 6.55. The molecule has 0 radical (unpaired) electrons. The van der Waals surface area contributed by atoms with E-state index < -0.39 is 10.0 Å². The molecule has 1 aliphatic heterocycles. The van der Waals surface area contributed by atoms with Gasteiger partial charge < -0.3 is 15.1 Å². The number of likely N-dealkylation sites (tertiary alicyclic amines) is 1. The van der Waals surface area contributed by atoms with Crippen LogP contribution in [0.15, 0.2) is 53.7 Å². The number of nitrogens with one attached hydrogen (secondary N) is 2. The number of anilines is 3. The molecule has 14 heteroatoms. The van der Waals surface area contributed by atoms with Crippen molar-refractivity contribution in [2.24, 2.45) is 11.8 Å². The van der Waals surface area contributed by atoms with E-state index in [2.05, 4.69) is 35.9 Å². The summed E-state index contributed by atoms with van der Waals surface area (Å²) in [5, 5.41) is 16.7. The van der Waals surface area contributed by atoms with Gasteiger partial charge in [-0.1, -0.05) is 18.2 Å². The molecule has 4 aromatic rings. The molecule has 1 aromatic carbocycles. The Labute approximate surface area is 235 Å². The lowest BCUT2D eigenvalue weighted by Crippen LogP contribution is -2.36. The van der Waals surface area contributed by atoms with Crippen LogP contribution in [0.4, 0.5) is 21.6 Å². The van der Waals surface area contributed by atoms with Gasteiger partial charge in [-0.05, 0) is 42.9 Å². The van der Waals surface area contributed by atoms with Gasteiger partial charge >= 0.3 is 6.03 Å². The summed E-state index contributed by atoms with van der Waals surface area (Å²) in [5.41, 5.74) is 1.34. The molecule has 40 heavy (non-hydrogen) atoms. The summed E-state index contributed by atoms with van der Waals surface area (Å²) in [5.74, 6) is 1.12. The molecule has 206 valence electrons. The molecule has 3 aromatic heterocycles. The number of urea groups is 1. The predicted octanol–water partition coefficient (Wildman–Crippen LogP) is 3.42. The lowest BCUT2D eigenvalue weighted by molar-refractivity contribution is 0.218. The normalized spacial score (nSPS) is 20.3. The number of carbonyl (C=O) groups excluding carboxylic acids is 1. The van der Waals surface area contributed by atoms with Crippen LogP contribution in [0.5, 0.6) is 0 Å². The summed E-state index contributed by atoms with van der Waals surface area (Å²) >= 11 is 1.13. The molecule has 2 unspecified atom stereocenters. The smallest absolute Gasteiger partial charge is 0.323 e. The fourth-order valence-electron chi connectivity index (χ4n) is 5.89. The Morgan fingerprint density at radius 3 is 2.55 bits per heavy atom. The predicted molar refractivity (Wildman–Crippen MR) is 152 cm³/mol. The first kappa shape index (κ1) is 26.0. The van der Waals surface area contributed by atoms with E-state index in [1.54, 1.807) is 43.4 Å². The molecule has 2 amide bonds. The number of benzene rings is 1. The average Bonchev–Trinajstić information content (AvgIpc) is 3.75. The fourth-order valence-corrected chi connectivity index (χ4v) is 7.78. The topological polar surface area (TPSA) is 149 Å². The minimum atomic E-state index is -3.85. The van der Waals surface area contributed by atoms with Gasteiger partial charge in [-0.3, -0.25) is 5.32 Å². The zero-order valence-electron chi connectivity index (χ0n) is 21.9. The molecule has 12 nitrogen and oxygen atoms in total. The van der Waals surface area contributed by atoms with Crippen LogP contribution < -0.4 is 15.5 Å². The van der Waals surface area contributed by atoms with E-state index in [1.807, 2.05) is 11.9 Å². The van der Waals surface area contributed by atoms with Crippen molar-refractivity contribution in [3.8, 4) is 6.07 Å². The minimum Gasteiger partial charge on any atom is -0.370 e. The minimum absolute atomic E-state index is 0.133. The van der Waals surface area contributed by atoms with Crippen molar-refractivity contribution in [2.75, 3.05) is 42.7 Å². The third kappa shape index (κ3) is 4.40. The summed E-state index contributed by atoms with van der Waals surface area (Å²) in [7, 11) is -0.183. The molecule has 6 rings (SSSR count). The van der Waals surface area contributed by atoms with Gasteiger partial charge in [-0.2, -0.15) is 14.6 Å². The van der Waals surface area contributed by atoms with Gasteiger partial charge in [0.15, 0.2) is 5.65 Å². The molecule has 1 saturated carbocycles. The molecule has 1 saturated heterocycles. The second-order valence-corrected chi connectivity index (χ2v) is 12.6. The molecular formula is C26H27N9O3S2. The van der Waals surface area contributed by atoms with E-state index >= 15 is 0 Å². The van der Waals surface area contributed by atoms with E-state index in [0.717, 1.165) is 24.4 Å². The fraction of sp³-hybridized carbons (Fsp3) is 0.346. The van der Waals surface area contributed by atoms with Crippen LogP contribution in [0, 0.1) is 23.2 Å². The van der Waals surface area contributed by atoms with Crippen molar-refractivity contribution >= 4 is 55.4 Å². The van der Waals surface area contributed by atoms with Crippen LogP contribution in [-0.2, 0) is 10.0 Å². The second-order valence-electron chi connectivity index (χ2n) is 10.1. The van der Waals surface area contributed by atoms with Gasteiger partial charge in [0.25, 0.3) is 10.0 Å². The van der Waals surface area contributed by atoms with Crippen LogP contribution in [-0.4, -0.2) is 70.9 Å². The molecule has 4 heterocycles. The highest BCUT2D eigenvalue weighted by Gasteiger charge is 2.44. The van der Waals surface area contributed by atoms with Crippen LogP contribution >= 0.6 is 11.5 Å². The number of pyridine rings is 1. The Hall–Kier alpha value is -4.22. The highest BCUT2D eigenvalue weighted by Crippen LogP contribution is 2.43. The number of aromatic nitrogens is 4. The Balaban J connectivity index is 1.21. The van der Waals surface area contributed by atoms with Crippen molar-refractivity contribution in [1.82, 2.24) is 23.2 Å². The summed E-state index contributed by atoms with van der Waals surface area (Å²) in [6.45, 7) is 1.28. The molecule has 0 bridgehead atoms. The number of hydrogen-bond acceptors (Lipinski definition) is 10. The maximum atomic E-state index is 13.3. The highest BCUT2D eigenvalue weighted by atomic mass is 32.2. The number of carbonyl (C=O) groups is 1. The van der Waals surface area contributed by atoms with Crippen molar-refractivity contribution in [3.63, 3.8) is 0 Å². The van der Waals surface area contributed by atoms with E-state index in [4.69, 9.17) is 0 Å². The lowest BCUT2D eigenvalue weighted by Gasteiger charge is -2.29. The van der Waals surface area contributed by atoms with E-state index in [-0.39, 0.29) is 22.6 Å². The molecular weight excluding hydrogens is 550 g/mol. The molecule has 2 fully saturated rings. The van der Waals surface area contributed by atoms with Crippen LogP contribution in [0.3, 0.4) is 0 Å². The van der Waals surface area contributed by atoms with Crippen molar-refractivity contribution in [2.45, 2.75) is 23.8 Å². The standard InChI is InChI=1S/C26H27N9O3S2/c1-28-24-30-25(39-32-24)31-26(36)34-14-16-10-19(11-17(16)15-34)33(2)22-18(12-27)13-29-23-21(22)8-9-35(23)40(37,38)20-6-4-3-5-7-20/h3-9,13,16-17,19H,10-11,14-15H2,1-2H3,(H2,28,30,31,32,36)/t16-,17?,19?/m1/s1. The van der Waals surface area contributed by atoms with Crippen LogP contribution in [0.1, 0.15) is 18.4 Å². The van der Waals surface area contributed by atoms with Crippen molar-refractivity contribution in [3.05, 3.63) is 54.4 Å². The molecule has 0 spiro atoms. The van der Waals surface area contributed by atoms with Gasteiger partial charge in [0.05, 0.1) is 16.1 Å². The number of amides is 2. The molecule has 3 atom stereocenters. The van der Waals surface area contributed by atoms with Gasteiger partial charge in [-0.25, -0.2) is 22.2 Å². The third-order valence-corrected chi connectivity index (χ3v) is 10.2. The van der Waals surface area contributed by atoms with Crippen LogP contribution in [0.25, 0.3) is 11.0 Å². The second kappa shape index (κ2) is 10.1. The Bertz CT molecular complexity index is 1710. The molecule has 2 N–H and O–H groups in total. The van der Waals surface area contributed by atoms with E-state index in [9.17, 15) is 18.5 Å². The highest BCUT2D eigenvalue weighted by molar-refractivity contribution is 7.90. The lowest BCUT2D eigenvalue weighted by atomic mass is 10.0. The van der Waals surface area contributed by atoms with Gasteiger partial charge in [0.2, 0.25) is 11.1 Å². The van der Waals surface area contributed by atoms with Crippen LogP contribution in [0.2, 0.25) is 0 Å². The van der Waals surface area contributed by atoms with E-state index in [1.165, 1.54) is 16.4 Å². The zero-order chi connectivity index (χ0) is 28.0. The summed E-state index contributed by atoms with van der Waals surface area (Å²) in [6.07, 6.45) is 4.65. The summed E-state index contributed by atoms with van der Waals surface area (Å²) in [6, 6.07) is 12.1. The maximum Gasteiger partial charge on any atom is 0.323 e. The molecule has 2 aliphatic rings. The number of hydrogen-bond donors (Lipinski definition) is 2. The summed E-state index contributed by atoms with van der Waals surface area (Å²) in [4.78, 5) is 25.5. The molecule has 1 aliphatic carbocycles. The Morgan fingerprint density at radius 1 is 1.18 bits per heavy atom. The first-order valence-corrected chi connectivity index (χ1v) is 15.0. The monoisotopic (exact) mass is 577 g/mol. The number of nitriles is 1. The van der Waals surface area contributed by atoms with Crippen molar-refractivity contribution < 1.29 is 13.2 Å². The zero-order valence-corrected chi connectivity index (χ0v) is 23.5. The van der Waals surface area contributed by atoms with Gasteiger partial charge in [0, 0.05) is 62.5 Å². The number of fused-ring (bicyclic) bond motifs is 2. The first-order chi connectivity index (χ1) is 19.3. The third-order valence-electron chi connectivity index (χ3n) is 7.85. The first-order valence-electron chi connectivity index (χ1n) is 12.8. The van der Waals surface area contributed by atoms with Gasteiger partial charge in [-0.15, -0.1) is 0 Å². The van der Waals surface area contributed by atoms with Crippen molar-refractivity contribution in [1.29, 1.82) is 5.26 Å². The average molecular weight is 578 g/mol. The SMILES string of the molecule is CNc1nsc(NC(=O)N2CC3CC(N(C)c4c(C#N)cnc5c4ccn5S(=O)(=O)c4ccccc4)C[C@@H]3C2)n1. The number of nitrogens with zero attached hydrogens (tertiary/aromatic N) is 7. The van der Waals surface area contributed by atoms with Gasteiger partial charge in [0.1, 0.15) is 6.07 Å². The number of rotatable bonds is 6.